The monoisotopic (exact) mass is 329 g/mol. The summed E-state index contributed by atoms with van der Waals surface area (Å²) in [6.07, 6.45) is -5.12. The van der Waals surface area contributed by atoms with Gasteiger partial charge in [0.1, 0.15) is 0 Å². The molecule has 126 valence electrons. The predicted molar refractivity (Wildman–Crippen MR) is 78.6 cm³/mol. The lowest BCUT2D eigenvalue weighted by Crippen LogP contribution is -2.48. The van der Waals surface area contributed by atoms with Gasteiger partial charge in [-0.1, -0.05) is 6.07 Å². The van der Waals surface area contributed by atoms with Gasteiger partial charge in [-0.05, 0) is 24.1 Å². The minimum absolute atomic E-state index is 0.0371. The zero-order chi connectivity index (χ0) is 16.6. The highest BCUT2D eigenvalue weighted by Gasteiger charge is 2.36. The lowest BCUT2D eigenvalue weighted by molar-refractivity contribution is -0.137. The second kappa shape index (κ2) is 6.01. The summed E-state index contributed by atoms with van der Waals surface area (Å²) >= 11 is 0. The molecule has 0 bridgehead atoms. The van der Waals surface area contributed by atoms with E-state index in [1.807, 2.05) is 0 Å². The maximum absolute atomic E-state index is 13.0. The third-order valence-electron chi connectivity index (χ3n) is 4.46. The predicted octanol–water partition coefficient (Wildman–Crippen LogP) is 2.54. The zero-order valence-electron chi connectivity index (χ0n) is 12.4. The van der Waals surface area contributed by atoms with Crippen LogP contribution < -0.4 is 10.2 Å². The Hall–Kier alpha value is -1.80. The maximum Gasteiger partial charge on any atom is 0.416 e. The molecule has 1 amide bonds. The van der Waals surface area contributed by atoms with Crippen molar-refractivity contribution in [3.05, 3.63) is 29.3 Å². The number of rotatable bonds is 1. The Kier molecular flexibility index (Phi) is 4.20. The largest absolute Gasteiger partial charge is 0.465 e. The molecule has 0 aromatic heterocycles. The molecule has 2 aliphatic rings. The Morgan fingerprint density at radius 2 is 1.91 bits per heavy atom. The van der Waals surface area contributed by atoms with Crippen LogP contribution in [0.25, 0.3) is 0 Å². The van der Waals surface area contributed by atoms with E-state index in [0.29, 0.717) is 12.0 Å². The highest BCUT2D eigenvalue weighted by atomic mass is 19.4. The molecule has 0 radical (unpaired) electrons. The van der Waals surface area contributed by atoms with Gasteiger partial charge < -0.3 is 10.4 Å². The lowest BCUT2D eigenvalue weighted by atomic mass is 9.93. The van der Waals surface area contributed by atoms with E-state index in [4.69, 9.17) is 0 Å². The summed E-state index contributed by atoms with van der Waals surface area (Å²) in [5.41, 5.74) is -0.000816. The number of hydrogen-bond donors (Lipinski definition) is 2. The fourth-order valence-corrected chi connectivity index (χ4v) is 3.33. The Morgan fingerprint density at radius 1 is 1.22 bits per heavy atom. The second-order valence-corrected chi connectivity index (χ2v) is 5.80. The number of hydrogen-bond acceptors (Lipinski definition) is 3. The molecule has 3 rings (SSSR count). The van der Waals surface area contributed by atoms with Crippen molar-refractivity contribution in [1.29, 1.82) is 0 Å². The van der Waals surface area contributed by atoms with Crippen molar-refractivity contribution in [1.82, 2.24) is 10.2 Å². The molecule has 23 heavy (non-hydrogen) atoms. The van der Waals surface area contributed by atoms with Crippen LogP contribution in [-0.4, -0.2) is 48.8 Å². The standard InChI is InChI=1S/C15H18F3N3O2/c16-15(17,18)10-1-2-11-12(20-7-4-19-5-8-20)3-6-21(14(22)23)13(11)9-10/h1-2,9,12,19H,3-8H2,(H,22,23). The van der Waals surface area contributed by atoms with Crippen LogP contribution in [0.5, 0.6) is 0 Å². The summed E-state index contributed by atoms with van der Waals surface area (Å²) in [6, 6.07) is 3.39. The molecule has 1 aromatic carbocycles. The molecule has 1 unspecified atom stereocenters. The van der Waals surface area contributed by atoms with Crippen LogP contribution in [0, 0.1) is 0 Å². The van der Waals surface area contributed by atoms with Gasteiger partial charge >= 0.3 is 12.3 Å². The fourth-order valence-electron chi connectivity index (χ4n) is 3.33. The highest BCUT2D eigenvalue weighted by molar-refractivity contribution is 5.88. The van der Waals surface area contributed by atoms with E-state index < -0.39 is 17.8 Å². The average molecular weight is 329 g/mol. The molecule has 2 aliphatic heterocycles. The molecule has 8 heteroatoms. The maximum atomic E-state index is 13.0. The lowest BCUT2D eigenvalue weighted by Gasteiger charge is -2.41. The molecule has 1 aromatic rings. The van der Waals surface area contributed by atoms with Crippen LogP contribution in [-0.2, 0) is 6.18 Å². The molecule has 5 nitrogen and oxygen atoms in total. The van der Waals surface area contributed by atoms with E-state index in [2.05, 4.69) is 10.2 Å². The van der Waals surface area contributed by atoms with Gasteiger partial charge in [0.15, 0.2) is 0 Å². The fraction of sp³-hybridized carbons (Fsp3) is 0.533. The number of carbonyl (C=O) groups is 1. The number of halogens is 3. The first-order valence-electron chi connectivity index (χ1n) is 7.54. The van der Waals surface area contributed by atoms with E-state index in [0.717, 1.165) is 43.2 Å². The first-order valence-corrected chi connectivity index (χ1v) is 7.54. The Labute approximate surface area is 131 Å². The summed E-state index contributed by atoms with van der Waals surface area (Å²) in [4.78, 5) is 14.6. The van der Waals surface area contributed by atoms with Gasteiger partial charge in [-0.15, -0.1) is 0 Å². The van der Waals surface area contributed by atoms with Crippen LogP contribution >= 0.6 is 0 Å². The van der Waals surface area contributed by atoms with Crippen LogP contribution in [0.4, 0.5) is 23.7 Å². The number of alkyl halides is 3. The van der Waals surface area contributed by atoms with E-state index in [9.17, 15) is 23.1 Å². The number of anilines is 1. The van der Waals surface area contributed by atoms with Crippen molar-refractivity contribution in [3.63, 3.8) is 0 Å². The number of amides is 1. The Bertz CT molecular complexity index is 600. The molecule has 1 atom stereocenters. The number of fused-ring (bicyclic) bond motifs is 1. The molecule has 0 spiro atoms. The van der Waals surface area contributed by atoms with Gasteiger partial charge in [0, 0.05) is 38.8 Å². The third kappa shape index (κ3) is 3.13. The molecule has 0 saturated carbocycles. The van der Waals surface area contributed by atoms with Crippen LogP contribution in [0.15, 0.2) is 18.2 Å². The van der Waals surface area contributed by atoms with Crippen LogP contribution in [0.3, 0.4) is 0 Å². The quantitative estimate of drug-likeness (QED) is 0.831. The summed E-state index contributed by atoms with van der Waals surface area (Å²) in [7, 11) is 0. The van der Waals surface area contributed by atoms with Crippen molar-refractivity contribution < 1.29 is 23.1 Å². The zero-order valence-corrected chi connectivity index (χ0v) is 12.4. The van der Waals surface area contributed by atoms with Crippen molar-refractivity contribution in [2.75, 3.05) is 37.6 Å². The number of nitrogens with one attached hydrogen (secondary N) is 1. The first kappa shape index (κ1) is 16.1. The van der Waals surface area contributed by atoms with Crippen molar-refractivity contribution in [2.24, 2.45) is 0 Å². The van der Waals surface area contributed by atoms with E-state index in [1.54, 1.807) is 0 Å². The van der Waals surface area contributed by atoms with Crippen LogP contribution in [0.2, 0.25) is 0 Å². The molecule has 0 aliphatic carbocycles. The normalized spacial score (nSPS) is 22.7. The Balaban J connectivity index is 2.00. The molecule has 2 heterocycles. The smallest absolute Gasteiger partial charge is 0.416 e. The Morgan fingerprint density at radius 3 is 2.52 bits per heavy atom. The summed E-state index contributed by atoms with van der Waals surface area (Å²) in [5.74, 6) is 0. The van der Waals surface area contributed by atoms with Gasteiger partial charge in [-0.3, -0.25) is 9.80 Å². The molecule has 1 fully saturated rings. The van der Waals surface area contributed by atoms with Gasteiger partial charge in [0.2, 0.25) is 0 Å². The number of nitrogens with zero attached hydrogens (tertiary/aromatic N) is 2. The number of benzene rings is 1. The third-order valence-corrected chi connectivity index (χ3v) is 4.46. The summed E-state index contributed by atoms with van der Waals surface area (Å²) < 4.78 is 38.9. The van der Waals surface area contributed by atoms with Crippen LogP contribution in [0.1, 0.15) is 23.6 Å². The van der Waals surface area contributed by atoms with Gasteiger partial charge in [-0.2, -0.15) is 13.2 Å². The van der Waals surface area contributed by atoms with Crippen molar-refractivity contribution >= 4 is 11.8 Å². The molecular weight excluding hydrogens is 311 g/mol. The SMILES string of the molecule is O=C(O)N1CCC(N2CCNCC2)c2ccc(C(F)(F)F)cc21. The summed E-state index contributed by atoms with van der Waals surface area (Å²) in [6.45, 7) is 3.47. The number of carboxylic acid groups (broad SMARTS) is 1. The second-order valence-electron chi connectivity index (χ2n) is 5.80. The van der Waals surface area contributed by atoms with Gasteiger partial charge in [0.05, 0.1) is 11.3 Å². The molecule has 1 saturated heterocycles. The number of piperazine rings is 1. The molecular formula is C15H18F3N3O2. The van der Waals surface area contributed by atoms with Gasteiger partial charge in [-0.25, -0.2) is 4.79 Å². The minimum Gasteiger partial charge on any atom is -0.465 e. The topological polar surface area (TPSA) is 55.8 Å². The first-order chi connectivity index (χ1) is 10.9. The minimum atomic E-state index is -4.48. The van der Waals surface area contributed by atoms with E-state index in [1.165, 1.54) is 6.07 Å². The average Bonchev–Trinajstić information content (AvgIpc) is 2.53. The molecule has 2 N–H and O–H groups in total. The van der Waals surface area contributed by atoms with E-state index >= 15 is 0 Å². The van der Waals surface area contributed by atoms with Gasteiger partial charge in [0.25, 0.3) is 0 Å². The highest BCUT2D eigenvalue weighted by Crippen LogP contribution is 2.41. The van der Waals surface area contributed by atoms with Crippen molar-refractivity contribution in [3.8, 4) is 0 Å². The summed E-state index contributed by atoms with van der Waals surface area (Å²) in [5, 5.41) is 12.5. The van der Waals surface area contributed by atoms with E-state index in [-0.39, 0.29) is 18.3 Å². The van der Waals surface area contributed by atoms with Crippen molar-refractivity contribution in [2.45, 2.75) is 18.6 Å².